The highest BCUT2D eigenvalue weighted by molar-refractivity contribution is 5.37. The molecular formula is C15H21F3N2. The molecule has 0 aliphatic heterocycles. The van der Waals surface area contributed by atoms with E-state index in [9.17, 15) is 13.2 Å². The fourth-order valence-corrected chi connectivity index (χ4v) is 3.07. The lowest BCUT2D eigenvalue weighted by atomic mass is 10.1. The van der Waals surface area contributed by atoms with Crippen LogP contribution >= 0.6 is 0 Å². The van der Waals surface area contributed by atoms with E-state index in [2.05, 4.69) is 5.32 Å². The van der Waals surface area contributed by atoms with Gasteiger partial charge in [-0.2, -0.15) is 13.2 Å². The molecule has 0 bridgehead atoms. The summed E-state index contributed by atoms with van der Waals surface area (Å²) in [6, 6.07) is 7.79. The molecule has 0 spiro atoms. The van der Waals surface area contributed by atoms with Gasteiger partial charge in [0.25, 0.3) is 0 Å². The Morgan fingerprint density at radius 3 is 2.55 bits per heavy atom. The van der Waals surface area contributed by atoms with Crippen molar-refractivity contribution in [1.82, 2.24) is 10.2 Å². The predicted octanol–water partition coefficient (Wildman–Crippen LogP) is 3.15. The molecule has 2 unspecified atom stereocenters. The highest BCUT2D eigenvalue weighted by atomic mass is 19.4. The van der Waals surface area contributed by atoms with Gasteiger partial charge in [0, 0.05) is 12.1 Å². The number of nitrogens with zero attached hydrogens (tertiary/aromatic N) is 1. The third-order valence-electron chi connectivity index (χ3n) is 3.89. The summed E-state index contributed by atoms with van der Waals surface area (Å²) in [6.45, 7) is 4.08. The van der Waals surface area contributed by atoms with Crippen LogP contribution in [0.1, 0.15) is 31.0 Å². The van der Waals surface area contributed by atoms with Gasteiger partial charge in [-0.15, -0.1) is 0 Å². The van der Waals surface area contributed by atoms with Crippen molar-refractivity contribution in [1.29, 1.82) is 0 Å². The van der Waals surface area contributed by atoms with Crippen LogP contribution in [0, 0.1) is 0 Å². The second-order valence-electron chi connectivity index (χ2n) is 5.18. The monoisotopic (exact) mass is 286 g/mol. The highest BCUT2D eigenvalue weighted by Crippen LogP contribution is 2.35. The molecule has 20 heavy (non-hydrogen) atoms. The van der Waals surface area contributed by atoms with Gasteiger partial charge in [0.1, 0.15) is 0 Å². The van der Waals surface area contributed by atoms with E-state index >= 15 is 0 Å². The zero-order valence-electron chi connectivity index (χ0n) is 11.9. The first kappa shape index (κ1) is 15.3. The van der Waals surface area contributed by atoms with Crippen LogP contribution in [0.3, 0.4) is 0 Å². The van der Waals surface area contributed by atoms with Crippen molar-refractivity contribution in [3.05, 3.63) is 35.4 Å². The van der Waals surface area contributed by atoms with Gasteiger partial charge >= 0.3 is 6.18 Å². The Hall–Kier alpha value is -1.07. The Kier molecular flexibility index (Phi) is 4.70. The van der Waals surface area contributed by atoms with Crippen LogP contribution in [0.4, 0.5) is 13.2 Å². The third kappa shape index (κ3) is 3.33. The summed E-state index contributed by atoms with van der Waals surface area (Å²) >= 11 is 0. The molecule has 0 aromatic heterocycles. The minimum Gasteiger partial charge on any atom is -0.309 e. The van der Waals surface area contributed by atoms with E-state index in [1.807, 2.05) is 31.2 Å². The molecule has 1 aromatic carbocycles. The maximum Gasteiger partial charge on any atom is 0.401 e. The van der Waals surface area contributed by atoms with Gasteiger partial charge in [-0.05, 0) is 30.6 Å². The number of hydrogen-bond donors (Lipinski definition) is 1. The van der Waals surface area contributed by atoms with Crippen LogP contribution in [-0.2, 0) is 6.42 Å². The van der Waals surface area contributed by atoms with E-state index in [1.54, 1.807) is 6.92 Å². The largest absolute Gasteiger partial charge is 0.401 e. The lowest BCUT2D eigenvalue weighted by molar-refractivity contribution is -0.151. The van der Waals surface area contributed by atoms with Crippen molar-refractivity contribution in [2.45, 2.75) is 38.5 Å². The normalized spacial score (nSPS) is 22.3. The van der Waals surface area contributed by atoms with Crippen molar-refractivity contribution < 1.29 is 13.2 Å². The van der Waals surface area contributed by atoms with Gasteiger partial charge in [-0.25, -0.2) is 0 Å². The van der Waals surface area contributed by atoms with Crippen LogP contribution in [0.25, 0.3) is 0 Å². The van der Waals surface area contributed by atoms with Crippen molar-refractivity contribution in [3.63, 3.8) is 0 Å². The molecule has 0 saturated carbocycles. The average Bonchev–Trinajstić information content (AvgIpc) is 2.75. The number of hydrogen-bond acceptors (Lipinski definition) is 2. The molecule has 0 radical (unpaired) electrons. The Morgan fingerprint density at radius 2 is 1.95 bits per heavy atom. The molecule has 5 heteroatoms. The summed E-state index contributed by atoms with van der Waals surface area (Å²) in [7, 11) is 0. The van der Waals surface area contributed by atoms with Crippen LogP contribution in [0.5, 0.6) is 0 Å². The number of rotatable bonds is 5. The molecule has 1 aromatic rings. The van der Waals surface area contributed by atoms with Gasteiger partial charge in [-0.1, -0.05) is 38.1 Å². The number of alkyl halides is 3. The maximum absolute atomic E-state index is 12.7. The molecule has 1 N–H and O–H groups in total. The number of benzene rings is 1. The smallest absolute Gasteiger partial charge is 0.309 e. The topological polar surface area (TPSA) is 15.3 Å². The first-order valence-electron chi connectivity index (χ1n) is 7.08. The van der Waals surface area contributed by atoms with Crippen molar-refractivity contribution in [3.8, 4) is 0 Å². The van der Waals surface area contributed by atoms with E-state index in [-0.39, 0.29) is 12.1 Å². The third-order valence-corrected chi connectivity index (χ3v) is 3.89. The standard InChI is InChI=1S/C15H21F3N2/c1-3-19-14-12-8-6-5-7-11(12)9-13(14)20(4-2)10-15(16,17)18/h5-8,13-14,19H,3-4,9-10H2,1-2H3. The molecule has 1 aliphatic carbocycles. The lowest BCUT2D eigenvalue weighted by Gasteiger charge is -2.33. The number of fused-ring (bicyclic) bond motifs is 1. The van der Waals surface area contributed by atoms with E-state index < -0.39 is 12.7 Å². The van der Waals surface area contributed by atoms with Crippen molar-refractivity contribution in [2.75, 3.05) is 19.6 Å². The SMILES string of the molecule is CCNC1c2ccccc2CC1N(CC)CC(F)(F)F. The molecule has 0 saturated heterocycles. The molecule has 112 valence electrons. The van der Waals surface area contributed by atoms with E-state index in [4.69, 9.17) is 0 Å². The zero-order chi connectivity index (χ0) is 14.8. The Labute approximate surface area is 118 Å². The molecule has 2 rings (SSSR count). The second kappa shape index (κ2) is 6.14. The van der Waals surface area contributed by atoms with Gasteiger partial charge in [-0.3, -0.25) is 4.90 Å². The summed E-state index contributed by atoms with van der Waals surface area (Å²) in [6.07, 6.45) is -3.47. The molecule has 2 nitrogen and oxygen atoms in total. The molecular weight excluding hydrogens is 265 g/mol. The van der Waals surface area contributed by atoms with E-state index in [0.29, 0.717) is 13.0 Å². The van der Waals surface area contributed by atoms with Crippen molar-refractivity contribution in [2.24, 2.45) is 0 Å². The first-order chi connectivity index (χ1) is 9.46. The minimum absolute atomic E-state index is 0.0153. The molecule has 2 atom stereocenters. The molecule has 0 amide bonds. The van der Waals surface area contributed by atoms with Gasteiger partial charge < -0.3 is 5.32 Å². The first-order valence-corrected chi connectivity index (χ1v) is 7.08. The quantitative estimate of drug-likeness (QED) is 0.894. The van der Waals surface area contributed by atoms with Crippen LogP contribution in [-0.4, -0.2) is 36.8 Å². The number of likely N-dealkylation sites (N-methyl/N-ethyl adjacent to an activating group) is 2. The summed E-state index contributed by atoms with van der Waals surface area (Å²) in [5, 5.41) is 3.34. The Morgan fingerprint density at radius 1 is 1.25 bits per heavy atom. The van der Waals surface area contributed by atoms with Gasteiger partial charge in [0.15, 0.2) is 0 Å². The Bertz CT molecular complexity index is 445. The van der Waals surface area contributed by atoms with E-state index in [1.165, 1.54) is 4.90 Å². The number of halogens is 3. The second-order valence-corrected chi connectivity index (χ2v) is 5.18. The van der Waals surface area contributed by atoms with E-state index in [0.717, 1.165) is 17.7 Å². The predicted molar refractivity (Wildman–Crippen MR) is 73.7 cm³/mol. The van der Waals surface area contributed by atoms with Gasteiger partial charge in [0.05, 0.1) is 6.54 Å². The van der Waals surface area contributed by atoms with Crippen LogP contribution in [0.2, 0.25) is 0 Å². The summed E-state index contributed by atoms with van der Waals surface area (Å²) in [4.78, 5) is 1.54. The summed E-state index contributed by atoms with van der Waals surface area (Å²) in [5.74, 6) is 0. The average molecular weight is 286 g/mol. The molecule has 1 aliphatic rings. The fourth-order valence-electron chi connectivity index (χ4n) is 3.07. The zero-order valence-corrected chi connectivity index (χ0v) is 11.9. The molecule has 0 fully saturated rings. The fraction of sp³-hybridized carbons (Fsp3) is 0.600. The summed E-state index contributed by atoms with van der Waals surface area (Å²) in [5.41, 5.74) is 2.30. The van der Waals surface area contributed by atoms with Crippen LogP contribution in [0.15, 0.2) is 24.3 Å². The van der Waals surface area contributed by atoms with Crippen molar-refractivity contribution >= 4 is 0 Å². The maximum atomic E-state index is 12.7. The lowest BCUT2D eigenvalue weighted by Crippen LogP contribution is -2.46. The van der Waals surface area contributed by atoms with Gasteiger partial charge in [0.2, 0.25) is 0 Å². The minimum atomic E-state index is -4.15. The number of nitrogens with one attached hydrogen (secondary N) is 1. The highest BCUT2D eigenvalue weighted by Gasteiger charge is 2.39. The molecule has 0 heterocycles. The Balaban J connectivity index is 2.23. The summed E-state index contributed by atoms with van der Waals surface area (Å²) < 4.78 is 38.2. The van der Waals surface area contributed by atoms with Crippen LogP contribution < -0.4 is 5.32 Å².